The van der Waals surface area contributed by atoms with Crippen LogP contribution in [0.25, 0.3) is 22.0 Å². The normalized spacial score (nSPS) is 18.7. The molecule has 28 heavy (non-hydrogen) atoms. The summed E-state index contributed by atoms with van der Waals surface area (Å²) < 4.78 is 29.5. The highest BCUT2D eigenvalue weighted by atomic mass is 32.3. The molecule has 0 unspecified atom stereocenters. The largest absolute Gasteiger partial charge is 0.378 e. The van der Waals surface area contributed by atoms with Crippen LogP contribution in [0.2, 0.25) is 0 Å². The Kier molecular flexibility index (Phi) is 4.02. The van der Waals surface area contributed by atoms with Crippen molar-refractivity contribution in [1.29, 1.82) is 0 Å². The number of amides is 1. The van der Waals surface area contributed by atoms with Crippen molar-refractivity contribution in [1.82, 2.24) is 9.88 Å². The molecule has 3 heterocycles. The number of nitrogens with zero attached hydrogens (tertiary/aromatic N) is 2. The average Bonchev–Trinajstić information content (AvgIpc) is 2.73. The van der Waals surface area contributed by atoms with Crippen molar-refractivity contribution < 1.29 is 18.6 Å². The van der Waals surface area contributed by atoms with Gasteiger partial charge in [0.15, 0.2) is 0 Å². The highest BCUT2D eigenvalue weighted by Gasteiger charge is 2.32. The third-order valence-electron chi connectivity index (χ3n) is 5.15. The summed E-state index contributed by atoms with van der Waals surface area (Å²) in [5.74, 6) is -0.0706. The summed E-state index contributed by atoms with van der Waals surface area (Å²) in [6.45, 7) is 2.15. The Hall–Kier alpha value is -2.65. The van der Waals surface area contributed by atoms with Crippen molar-refractivity contribution in [2.24, 2.45) is 0 Å². The number of rotatable bonds is 1. The predicted molar refractivity (Wildman–Crippen MR) is 109 cm³/mol. The van der Waals surface area contributed by atoms with Gasteiger partial charge in [-0.3, -0.25) is 23.6 Å². The molecule has 1 amide bonds. The predicted octanol–water partition coefficient (Wildman–Crippen LogP) is 3.82. The van der Waals surface area contributed by atoms with E-state index in [0.29, 0.717) is 58.9 Å². The maximum Gasteiger partial charge on any atom is 0.254 e. The van der Waals surface area contributed by atoms with Crippen molar-refractivity contribution in [2.45, 2.75) is 4.90 Å². The zero-order valence-corrected chi connectivity index (χ0v) is 15.8. The third-order valence-corrected chi connectivity index (χ3v) is 6.61. The Balaban J connectivity index is 1.76. The summed E-state index contributed by atoms with van der Waals surface area (Å²) in [6, 6.07) is 12.6. The highest BCUT2D eigenvalue weighted by Crippen LogP contribution is 2.58. The molecule has 0 atom stereocenters. The van der Waals surface area contributed by atoms with E-state index in [9.17, 15) is 13.9 Å². The van der Waals surface area contributed by atoms with E-state index in [2.05, 4.69) is 9.71 Å². The second kappa shape index (κ2) is 6.46. The monoisotopic (exact) mass is 397 g/mol. The molecule has 0 aliphatic carbocycles. The van der Waals surface area contributed by atoms with Gasteiger partial charge in [-0.1, -0.05) is 35.0 Å². The molecule has 2 aliphatic rings. The van der Waals surface area contributed by atoms with Crippen LogP contribution in [-0.2, 0) is 4.74 Å². The zero-order chi connectivity index (χ0) is 19.3. The van der Waals surface area contributed by atoms with Gasteiger partial charge >= 0.3 is 0 Å². The molecule has 0 bridgehead atoms. The van der Waals surface area contributed by atoms with E-state index in [0.717, 1.165) is 5.56 Å². The quantitative estimate of drug-likeness (QED) is 0.578. The molecule has 7 nitrogen and oxygen atoms in total. The number of benzene rings is 2. The lowest BCUT2D eigenvalue weighted by Crippen LogP contribution is -2.40. The first-order valence-corrected chi connectivity index (χ1v) is 10.5. The second-order valence-corrected chi connectivity index (χ2v) is 8.54. The number of anilines is 1. The van der Waals surface area contributed by atoms with Crippen LogP contribution < -0.4 is 4.72 Å². The molecule has 8 heteroatoms. The van der Waals surface area contributed by atoms with E-state index < -0.39 is 10.8 Å². The minimum Gasteiger partial charge on any atom is -0.378 e. The number of hydrogen-bond acceptors (Lipinski definition) is 6. The number of ether oxygens (including phenoxy) is 1. The maximum absolute atomic E-state index is 13.3. The number of fused-ring (bicyclic) bond motifs is 5. The molecule has 0 spiro atoms. The standard InChI is InChI=1S/C20H19N3O4S/c24-20(23-8-10-27-11-9-23)16-12-15-13-4-1-2-6-17(13)28(25,26)22-19(15)18-14(16)5-3-7-21-18/h1-7,12,22,25-26H,8-11H2. The van der Waals surface area contributed by atoms with Crippen LogP contribution in [0.4, 0.5) is 5.69 Å². The Morgan fingerprint density at radius 2 is 1.89 bits per heavy atom. The maximum atomic E-state index is 13.3. The van der Waals surface area contributed by atoms with Crippen LogP contribution in [0, 0.1) is 0 Å². The molecule has 0 radical (unpaired) electrons. The minimum atomic E-state index is -3.20. The van der Waals surface area contributed by atoms with E-state index in [1.807, 2.05) is 24.3 Å². The average molecular weight is 397 g/mol. The fourth-order valence-corrected chi connectivity index (χ4v) is 5.16. The molecular weight excluding hydrogens is 378 g/mol. The van der Waals surface area contributed by atoms with E-state index in [1.54, 1.807) is 29.3 Å². The van der Waals surface area contributed by atoms with Gasteiger partial charge in [0.1, 0.15) is 0 Å². The highest BCUT2D eigenvalue weighted by molar-refractivity contribution is 8.25. The van der Waals surface area contributed by atoms with Crippen molar-refractivity contribution >= 4 is 33.3 Å². The second-order valence-electron chi connectivity index (χ2n) is 6.80. The van der Waals surface area contributed by atoms with Crippen molar-refractivity contribution in [3.05, 3.63) is 54.2 Å². The molecule has 1 saturated heterocycles. The fourth-order valence-electron chi connectivity index (χ4n) is 3.81. The molecular formula is C20H19N3O4S. The molecule has 2 aliphatic heterocycles. The first-order chi connectivity index (χ1) is 13.6. The summed E-state index contributed by atoms with van der Waals surface area (Å²) in [5.41, 5.74) is 3.07. The van der Waals surface area contributed by atoms with Gasteiger partial charge in [0.2, 0.25) is 0 Å². The number of hydrogen-bond donors (Lipinski definition) is 3. The van der Waals surface area contributed by atoms with Crippen molar-refractivity contribution in [2.75, 3.05) is 31.0 Å². The van der Waals surface area contributed by atoms with Gasteiger partial charge in [-0.15, -0.1) is 0 Å². The molecule has 2 aromatic carbocycles. The van der Waals surface area contributed by atoms with E-state index in [1.165, 1.54) is 0 Å². The smallest absolute Gasteiger partial charge is 0.254 e. The minimum absolute atomic E-state index is 0.0706. The van der Waals surface area contributed by atoms with Crippen LogP contribution in [0.3, 0.4) is 0 Å². The SMILES string of the molecule is O=C(c1cc2c(c3ncccc13)NS(O)(O)c1ccccc1-2)N1CCOCC1. The number of carbonyl (C=O) groups excluding carboxylic acids is 1. The Labute approximate surface area is 163 Å². The Bertz CT molecular complexity index is 1100. The van der Waals surface area contributed by atoms with Crippen molar-refractivity contribution in [3.8, 4) is 11.1 Å². The van der Waals surface area contributed by atoms with Gasteiger partial charge in [-0.2, -0.15) is 0 Å². The van der Waals surface area contributed by atoms with Gasteiger partial charge in [-0.25, -0.2) is 0 Å². The van der Waals surface area contributed by atoms with Crippen LogP contribution in [-0.4, -0.2) is 51.2 Å². The van der Waals surface area contributed by atoms with Crippen molar-refractivity contribution in [3.63, 3.8) is 0 Å². The third kappa shape index (κ3) is 2.65. The number of morpholine rings is 1. The number of nitrogens with one attached hydrogen (secondary N) is 1. The topological polar surface area (TPSA) is 94.9 Å². The summed E-state index contributed by atoms with van der Waals surface area (Å²) in [4.78, 5) is 19.9. The van der Waals surface area contributed by atoms with Crippen LogP contribution in [0.1, 0.15) is 10.4 Å². The van der Waals surface area contributed by atoms with Gasteiger partial charge in [-0.05, 0) is 18.2 Å². The molecule has 1 aromatic heterocycles. The van der Waals surface area contributed by atoms with Crippen LogP contribution in [0.5, 0.6) is 0 Å². The van der Waals surface area contributed by atoms with Gasteiger partial charge in [0.25, 0.3) is 5.91 Å². The molecule has 5 rings (SSSR count). The summed E-state index contributed by atoms with van der Waals surface area (Å²) >= 11 is 0. The summed E-state index contributed by atoms with van der Waals surface area (Å²) in [5, 5.41) is 0.680. The zero-order valence-electron chi connectivity index (χ0n) is 15.0. The number of pyridine rings is 1. The fraction of sp³-hybridized carbons (Fsp3) is 0.200. The van der Waals surface area contributed by atoms with Gasteiger partial charge in [0.05, 0.1) is 29.3 Å². The van der Waals surface area contributed by atoms with E-state index in [-0.39, 0.29) is 5.91 Å². The van der Waals surface area contributed by atoms with E-state index >= 15 is 0 Å². The molecule has 0 saturated carbocycles. The van der Waals surface area contributed by atoms with E-state index in [4.69, 9.17) is 4.74 Å². The number of aromatic nitrogens is 1. The van der Waals surface area contributed by atoms with Gasteiger partial charge in [0, 0.05) is 41.4 Å². The van der Waals surface area contributed by atoms with Crippen LogP contribution >= 0.6 is 10.8 Å². The first-order valence-electron chi connectivity index (χ1n) is 9.00. The van der Waals surface area contributed by atoms with Gasteiger partial charge < -0.3 is 9.64 Å². The van der Waals surface area contributed by atoms with Crippen LogP contribution in [0.15, 0.2) is 53.6 Å². The summed E-state index contributed by atoms with van der Waals surface area (Å²) in [6.07, 6.45) is 1.64. The Morgan fingerprint density at radius 3 is 2.71 bits per heavy atom. The lowest BCUT2D eigenvalue weighted by molar-refractivity contribution is 0.0304. The lowest BCUT2D eigenvalue weighted by atomic mass is 9.96. The lowest BCUT2D eigenvalue weighted by Gasteiger charge is -2.40. The molecule has 144 valence electrons. The molecule has 3 aromatic rings. The first kappa shape index (κ1) is 17.4. The summed E-state index contributed by atoms with van der Waals surface area (Å²) in [7, 11) is -3.20. The number of carbonyl (C=O) groups is 1. The Morgan fingerprint density at radius 1 is 1.11 bits per heavy atom. The molecule has 3 N–H and O–H groups in total. The molecule has 1 fully saturated rings.